The lowest BCUT2D eigenvalue weighted by Gasteiger charge is -2.24. The highest BCUT2D eigenvalue weighted by Crippen LogP contribution is 2.20. The molecule has 0 spiro atoms. The number of nitrogens with zero attached hydrogens (tertiary/aromatic N) is 1. The van der Waals surface area contributed by atoms with Crippen LogP contribution in [-0.2, 0) is 4.74 Å². The fourth-order valence-electron chi connectivity index (χ4n) is 2.70. The van der Waals surface area contributed by atoms with Gasteiger partial charge in [0.2, 0.25) is 0 Å². The second-order valence-corrected chi connectivity index (χ2v) is 5.61. The van der Waals surface area contributed by atoms with Crippen LogP contribution in [0.2, 0.25) is 0 Å². The zero-order valence-electron chi connectivity index (χ0n) is 13.9. The number of hydrogen-bond donors (Lipinski definition) is 2. The second kappa shape index (κ2) is 9.90. The van der Waals surface area contributed by atoms with Crippen molar-refractivity contribution in [2.45, 2.75) is 26.3 Å². The molecular weight excluding hydrogens is 264 g/mol. The van der Waals surface area contributed by atoms with E-state index in [0.717, 1.165) is 19.5 Å². The maximum absolute atomic E-state index is 9.15. The minimum atomic E-state index is 0.192. The summed E-state index contributed by atoms with van der Waals surface area (Å²) in [5, 5.41) is 12.6. The van der Waals surface area contributed by atoms with Crippen molar-refractivity contribution in [2.75, 3.05) is 47.0 Å². The standard InChI is InChI=1S/C17H30N2O2/c1-14-11-15(2)13-16(12-14)17(18-3)5-6-19(7-9-20)8-10-21-4/h11-13,17-18,20H,5-10H2,1-4H3. The van der Waals surface area contributed by atoms with Crippen LogP contribution >= 0.6 is 0 Å². The van der Waals surface area contributed by atoms with E-state index < -0.39 is 0 Å². The predicted octanol–water partition coefficient (Wildman–Crippen LogP) is 1.89. The predicted molar refractivity (Wildman–Crippen MR) is 87.7 cm³/mol. The molecule has 0 aliphatic rings. The van der Waals surface area contributed by atoms with Gasteiger partial charge in [0.05, 0.1) is 13.2 Å². The van der Waals surface area contributed by atoms with E-state index in [4.69, 9.17) is 9.84 Å². The Morgan fingerprint density at radius 3 is 2.33 bits per heavy atom. The summed E-state index contributed by atoms with van der Waals surface area (Å²) in [6, 6.07) is 7.04. The summed E-state index contributed by atoms with van der Waals surface area (Å²) in [5.74, 6) is 0. The zero-order valence-corrected chi connectivity index (χ0v) is 13.9. The van der Waals surface area contributed by atoms with Crippen molar-refractivity contribution >= 4 is 0 Å². The molecule has 120 valence electrons. The molecule has 21 heavy (non-hydrogen) atoms. The van der Waals surface area contributed by atoms with Gasteiger partial charge in [-0.25, -0.2) is 0 Å². The Labute approximate surface area is 129 Å². The summed E-state index contributed by atoms with van der Waals surface area (Å²) in [6.45, 7) is 7.68. The summed E-state index contributed by atoms with van der Waals surface area (Å²) in [5.41, 5.74) is 3.94. The van der Waals surface area contributed by atoms with Crippen LogP contribution in [0, 0.1) is 13.8 Å². The third-order valence-corrected chi connectivity index (χ3v) is 3.76. The largest absolute Gasteiger partial charge is 0.395 e. The van der Waals surface area contributed by atoms with Gasteiger partial charge >= 0.3 is 0 Å². The van der Waals surface area contributed by atoms with E-state index in [0.29, 0.717) is 19.2 Å². The molecule has 0 fully saturated rings. The van der Waals surface area contributed by atoms with Crippen LogP contribution in [0.1, 0.15) is 29.2 Å². The average Bonchev–Trinajstić information content (AvgIpc) is 2.44. The van der Waals surface area contributed by atoms with Gasteiger partial charge in [-0.15, -0.1) is 0 Å². The Bertz CT molecular complexity index is 390. The molecule has 0 saturated carbocycles. The Morgan fingerprint density at radius 2 is 1.81 bits per heavy atom. The minimum Gasteiger partial charge on any atom is -0.395 e. The molecule has 0 aliphatic carbocycles. The molecule has 0 amide bonds. The second-order valence-electron chi connectivity index (χ2n) is 5.61. The van der Waals surface area contributed by atoms with E-state index in [1.54, 1.807) is 7.11 Å². The lowest BCUT2D eigenvalue weighted by Crippen LogP contribution is -2.33. The normalized spacial score (nSPS) is 12.9. The van der Waals surface area contributed by atoms with Crippen LogP contribution in [0.5, 0.6) is 0 Å². The van der Waals surface area contributed by atoms with Gasteiger partial charge in [0.15, 0.2) is 0 Å². The molecule has 0 saturated heterocycles. The SMILES string of the molecule is CNC(CCN(CCO)CCOC)c1cc(C)cc(C)c1. The molecule has 1 aromatic carbocycles. The van der Waals surface area contributed by atoms with E-state index >= 15 is 0 Å². The van der Waals surface area contributed by atoms with E-state index in [2.05, 4.69) is 42.3 Å². The van der Waals surface area contributed by atoms with Crippen LogP contribution in [0.25, 0.3) is 0 Å². The van der Waals surface area contributed by atoms with Gasteiger partial charge in [0.25, 0.3) is 0 Å². The first-order valence-electron chi connectivity index (χ1n) is 7.68. The van der Waals surface area contributed by atoms with Crippen molar-refractivity contribution in [2.24, 2.45) is 0 Å². The molecule has 1 rings (SSSR count). The van der Waals surface area contributed by atoms with Crippen molar-refractivity contribution < 1.29 is 9.84 Å². The number of aryl methyl sites for hydroxylation is 2. The van der Waals surface area contributed by atoms with Gasteiger partial charge in [0, 0.05) is 32.8 Å². The highest BCUT2D eigenvalue weighted by Gasteiger charge is 2.12. The van der Waals surface area contributed by atoms with Gasteiger partial charge in [-0.1, -0.05) is 29.3 Å². The first-order chi connectivity index (χ1) is 10.1. The van der Waals surface area contributed by atoms with E-state index in [1.165, 1.54) is 16.7 Å². The van der Waals surface area contributed by atoms with Crippen LogP contribution in [0.4, 0.5) is 0 Å². The van der Waals surface area contributed by atoms with Crippen LogP contribution in [0.15, 0.2) is 18.2 Å². The lowest BCUT2D eigenvalue weighted by molar-refractivity contribution is 0.128. The fourth-order valence-corrected chi connectivity index (χ4v) is 2.70. The number of aliphatic hydroxyl groups is 1. The first-order valence-corrected chi connectivity index (χ1v) is 7.68. The Hall–Kier alpha value is -0.940. The van der Waals surface area contributed by atoms with Crippen LogP contribution in [0.3, 0.4) is 0 Å². The maximum Gasteiger partial charge on any atom is 0.0589 e. The Balaban J connectivity index is 2.63. The summed E-state index contributed by atoms with van der Waals surface area (Å²) >= 11 is 0. The highest BCUT2D eigenvalue weighted by atomic mass is 16.5. The number of ether oxygens (including phenoxy) is 1. The molecule has 1 atom stereocenters. The Kier molecular flexibility index (Phi) is 8.54. The summed E-state index contributed by atoms with van der Waals surface area (Å²) < 4.78 is 5.13. The molecule has 4 heteroatoms. The molecule has 1 aromatic rings. The third kappa shape index (κ3) is 6.57. The lowest BCUT2D eigenvalue weighted by atomic mass is 9.99. The van der Waals surface area contributed by atoms with E-state index in [1.807, 2.05) is 7.05 Å². The average molecular weight is 294 g/mol. The summed E-state index contributed by atoms with van der Waals surface area (Å²) in [7, 11) is 3.72. The maximum atomic E-state index is 9.15. The number of benzene rings is 1. The fraction of sp³-hybridized carbons (Fsp3) is 0.647. The van der Waals surface area contributed by atoms with Gasteiger partial charge < -0.3 is 15.2 Å². The summed E-state index contributed by atoms with van der Waals surface area (Å²) in [4.78, 5) is 2.25. The van der Waals surface area contributed by atoms with Gasteiger partial charge in [-0.3, -0.25) is 4.90 Å². The molecule has 0 aromatic heterocycles. The molecule has 0 bridgehead atoms. The minimum absolute atomic E-state index is 0.192. The topological polar surface area (TPSA) is 44.7 Å². The quantitative estimate of drug-likeness (QED) is 0.692. The summed E-state index contributed by atoms with van der Waals surface area (Å²) in [6.07, 6.45) is 1.02. The Morgan fingerprint density at radius 1 is 1.14 bits per heavy atom. The molecule has 0 heterocycles. The van der Waals surface area contributed by atoms with Crippen molar-refractivity contribution in [3.8, 4) is 0 Å². The monoisotopic (exact) mass is 294 g/mol. The van der Waals surface area contributed by atoms with Crippen molar-refractivity contribution in [3.05, 3.63) is 34.9 Å². The third-order valence-electron chi connectivity index (χ3n) is 3.76. The first kappa shape index (κ1) is 18.1. The molecular formula is C17H30N2O2. The highest BCUT2D eigenvalue weighted by molar-refractivity contribution is 5.30. The van der Waals surface area contributed by atoms with Crippen molar-refractivity contribution in [1.29, 1.82) is 0 Å². The van der Waals surface area contributed by atoms with E-state index in [9.17, 15) is 0 Å². The zero-order chi connectivity index (χ0) is 15.7. The van der Waals surface area contributed by atoms with Gasteiger partial charge in [-0.05, 0) is 32.9 Å². The molecule has 0 aliphatic heterocycles. The molecule has 1 unspecified atom stereocenters. The van der Waals surface area contributed by atoms with Gasteiger partial charge in [0.1, 0.15) is 0 Å². The van der Waals surface area contributed by atoms with Crippen molar-refractivity contribution in [1.82, 2.24) is 10.2 Å². The number of nitrogens with one attached hydrogen (secondary N) is 1. The number of hydrogen-bond acceptors (Lipinski definition) is 4. The number of aliphatic hydroxyl groups excluding tert-OH is 1. The molecule has 4 nitrogen and oxygen atoms in total. The molecule has 2 N–H and O–H groups in total. The smallest absolute Gasteiger partial charge is 0.0589 e. The van der Waals surface area contributed by atoms with Crippen LogP contribution in [-0.4, -0.2) is 57.0 Å². The number of rotatable bonds is 10. The number of methoxy groups -OCH3 is 1. The van der Waals surface area contributed by atoms with Gasteiger partial charge in [-0.2, -0.15) is 0 Å². The van der Waals surface area contributed by atoms with E-state index in [-0.39, 0.29) is 6.61 Å². The van der Waals surface area contributed by atoms with Crippen molar-refractivity contribution in [3.63, 3.8) is 0 Å². The van der Waals surface area contributed by atoms with Crippen LogP contribution < -0.4 is 5.32 Å². The molecule has 0 radical (unpaired) electrons.